The van der Waals surface area contributed by atoms with Crippen molar-refractivity contribution in [1.82, 2.24) is 0 Å². The highest BCUT2D eigenvalue weighted by atomic mass is 16.5. The summed E-state index contributed by atoms with van der Waals surface area (Å²) in [6.07, 6.45) is 3.74. The van der Waals surface area contributed by atoms with E-state index in [0.29, 0.717) is 5.41 Å². The number of methoxy groups -OCH3 is 1. The molecule has 0 aromatic heterocycles. The van der Waals surface area contributed by atoms with Crippen LogP contribution in [-0.4, -0.2) is 20.2 Å². The molecule has 0 unspecified atom stereocenters. The topological polar surface area (TPSA) is 38.5 Å². The number of anilines is 2. The summed E-state index contributed by atoms with van der Waals surface area (Å²) in [5.74, 6) is 0.776. The molecule has 2 N–H and O–H groups in total. The van der Waals surface area contributed by atoms with Crippen LogP contribution in [0, 0.1) is 5.41 Å². The van der Waals surface area contributed by atoms with Crippen LogP contribution in [-0.2, 0) is 0 Å². The van der Waals surface area contributed by atoms with E-state index in [4.69, 9.17) is 10.5 Å². The first-order valence-corrected chi connectivity index (χ1v) is 6.83. The lowest BCUT2D eigenvalue weighted by atomic mass is 9.82. The number of nitrogen functional groups attached to an aromatic ring is 1. The van der Waals surface area contributed by atoms with E-state index in [9.17, 15) is 0 Å². The fraction of sp³-hybridized carbons (Fsp3) is 0.600. The molecule has 0 aliphatic carbocycles. The monoisotopic (exact) mass is 248 g/mol. The first-order valence-electron chi connectivity index (χ1n) is 6.83. The van der Waals surface area contributed by atoms with Gasteiger partial charge in [0.15, 0.2) is 0 Å². The van der Waals surface area contributed by atoms with Gasteiger partial charge in [-0.05, 0) is 36.8 Å². The molecule has 0 amide bonds. The minimum absolute atomic E-state index is 0.468. The van der Waals surface area contributed by atoms with Gasteiger partial charge < -0.3 is 15.4 Å². The zero-order valence-electron chi connectivity index (χ0n) is 11.7. The third-order valence-electron chi connectivity index (χ3n) is 4.54. The fourth-order valence-electron chi connectivity index (χ4n) is 2.95. The molecule has 0 atom stereocenters. The molecule has 0 radical (unpaired) electrons. The van der Waals surface area contributed by atoms with E-state index < -0.39 is 0 Å². The maximum Gasteiger partial charge on any atom is 0.143 e. The number of benzene rings is 1. The molecule has 1 aliphatic rings. The van der Waals surface area contributed by atoms with Crippen LogP contribution in [0.5, 0.6) is 5.75 Å². The Morgan fingerprint density at radius 3 is 2.61 bits per heavy atom. The van der Waals surface area contributed by atoms with Gasteiger partial charge in [0.05, 0.1) is 18.5 Å². The highest BCUT2D eigenvalue weighted by Crippen LogP contribution is 2.42. The van der Waals surface area contributed by atoms with Crippen LogP contribution in [0.25, 0.3) is 0 Å². The van der Waals surface area contributed by atoms with E-state index in [1.165, 1.54) is 19.3 Å². The molecule has 0 spiro atoms. The lowest BCUT2D eigenvalue weighted by molar-refractivity contribution is 0.301. The highest BCUT2D eigenvalue weighted by molar-refractivity contribution is 5.74. The quantitative estimate of drug-likeness (QED) is 0.831. The molecule has 1 fully saturated rings. The molecule has 1 aliphatic heterocycles. The Hall–Kier alpha value is -1.38. The Labute approximate surface area is 110 Å². The summed E-state index contributed by atoms with van der Waals surface area (Å²) >= 11 is 0. The first-order chi connectivity index (χ1) is 8.65. The summed E-state index contributed by atoms with van der Waals surface area (Å²) in [4.78, 5) is 2.41. The lowest BCUT2D eigenvalue weighted by Gasteiger charge is -2.28. The molecular formula is C15H24N2O. The fourth-order valence-corrected chi connectivity index (χ4v) is 2.95. The summed E-state index contributed by atoms with van der Waals surface area (Å²) in [6.45, 7) is 6.79. The van der Waals surface area contributed by atoms with Gasteiger partial charge in [-0.3, -0.25) is 0 Å². The Bertz CT molecular complexity index is 413. The Balaban J connectivity index is 2.24. The molecule has 3 heteroatoms. The third-order valence-corrected chi connectivity index (χ3v) is 4.54. The molecule has 1 aromatic carbocycles. The van der Waals surface area contributed by atoms with E-state index in [1.807, 2.05) is 12.1 Å². The van der Waals surface area contributed by atoms with Gasteiger partial charge >= 0.3 is 0 Å². The van der Waals surface area contributed by atoms with E-state index in [-0.39, 0.29) is 0 Å². The first kappa shape index (κ1) is 13.1. The zero-order chi connectivity index (χ0) is 13.2. The Kier molecular flexibility index (Phi) is 3.69. The maximum atomic E-state index is 6.18. The summed E-state index contributed by atoms with van der Waals surface area (Å²) in [6, 6.07) is 6.03. The molecule has 1 heterocycles. The zero-order valence-corrected chi connectivity index (χ0v) is 11.7. The molecule has 0 bridgehead atoms. The minimum Gasteiger partial charge on any atom is -0.495 e. The predicted octanol–water partition coefficient (Wildman–Crippen LogP) is 3.29. The van der Waals surface area contributed by atoms with Crippen molar-refractivity contribution < 1.29 is 4.74 Å². The molecule has 3 nitrogen and oxygen atoms in total. The van der Waals surface area contributed by atoms with Crippen LogP contribution in [0.4, 0.5) is 11.4 Å². The third kappa shape index (κ3) is 2.14. The summed E-state index contributed by atoms with van der Waals surface area (Å²) in [7, 11) is 1.67. The number of ether oxygens (including phenoxy) is 1. The average molecular weight is 248 g/mol. The van der Waals surface area contributed by atoms with Crippen LogP contribution >= 0.6 is 0 Å². The molecule has 1 saturated heterocycles. The van der Waals surface area contributed by atoms with E-state index in [1.54, 1.807) is 7.11 Å². The molecule has 1 aromatic rings. The largest absolute Gasteiger partial charge is 0.495 e. The van der Waals surface area contributed by atoms with Gasteiger partial charge in [0, 0.05) is 13.1 Å². The van der Waals surface area contributed by atoms with E-state index >= 15 is 0 Å². The van der Waals surface area contributed by atoms with E-state index in [2.05, 4.69) is 24.8 Å². The Morgan fingerprint density at radius 1 is 1.33 bits per heavy atom. The normalized spacial score (nSPS) is 18.1. The van der Waals surface area contributed by atoms with Gasteiger partial charge in [-0.15, -0.1) is 0 Å². The van der Waals surface area contributed by atoms with Crippen molar-refractivity contribution in [3.05, 3.63) is 18.2 Å². The average Bonchev–Trinajstić information content (AvgIpc) is 2.84. The summed E-state index contributed by atoms with van der Waals surface area (Å²) < 4.78 is 5.30. The van der Waals surface area contributed by atoms with Crippen molar-refractivity contribution in [3.8, 4) is 5.75 Å². The van der Waals surface area contributed by atoms with Gasteiger partial charge in [-0.2, -0.15) is 0 Å². The van der Waals surface area contributed by atoms with Crippen molar-refractivity contribution in [1.29, 1.82) is 0 Å². The predicted molar refractivity (Wildman–Crippen MR) is 77.3 cm³/mol. The smallest absolute Gasteiger partial charge is 0.143 e. The van der Waals surface area contributed by atoms with Crippen molar-refractivity contribution in [2.45, 2.75) is 33.1 Å². The van der Waals surface area contributed by atoms with Gasteiger partial charge in [0.25, 0.3) is 0 Å². The lowest BCUT2D eigenvalue weighted by Crippen LogP contribution is -2.26. The van der Waals surface area contributed by atoms with Crippen LogP contribution in [0.2, 0.25) is 0 Å². The number of hydrogen-bond donors (Lipinski definition) is 1. The second-order valence-electron chi connectivity index (χ2n) is 5.27. The number of rotatable bonds is 4. The van der Waals surface area contributed by atoms with Gasteiger partial charge in [-0.25, -0.2) is 0 Å². The number of para-hydroxylation sites is 1. The van der Waals surface area contributed by atoms with Crippen molar-refractivity contribution in [2.24, 2.45) is 5.41 Å². The second kappa shape index (κ2) is 5.09. The number of nitrogens with zero attached hydrogens (tertiary/aromatic N) is 1. The van der Waals surface area contributed by atoms with E-state index in [0.717, 1.165) is 30.2 Å². The number of nitrogens with two attached hydrogens (primary N) is 1. The summed E-state index contributed by atoms with van der Waals surface area (Å²) in [5.41, 5.74) is 8.54. The van der Waals surface area contributed by atoms with Crippen molar-refractivity contribution >= 4 is 11.4 Å². The molecular weight excluding hydrogens is 224 g/mol. The van der Waals surface area contributed by atoms with Crippen molar-refractivity contribution in [3.63, 3.8) is 0 Å². The second-order valence-corrected chi connectivity index (χ2v) is 5.27. The summed E-state index contributed by atoms with van der Waals surface area (Å²) in [5, 5.41) is 0. The van der Waals surface area contributed by atoms with Gasteiger partial charge in [0.1, 0.15) is 5.75 Å². The van der Waals surface area contributed by atoms with Crippen molar-refractivity contribution in [2.75, 3.05) is 30.8 Å². The standard InChI is InChI=1S/C15H24N2O/c1-4-15(5-2)9-10-17(11-15)12-7-6-8-13(18-3)14(12)16/h6-8H,4-5,9-11,16H2,1-3H3. The minimum atomic E-state index is 0.468. The van der Waals surface area contributed by atoms with Crippen LogP contribution in [0.1, 0.15) is 33.1 Å². The van der Waals surface area contributed by atoms with Gasteiger partial charge in [-0.1, -0.05) is 19.9 Å². The molecule has 100 valence electrons. The van der Waals surface area contributed by atoms with Gasteiger partial charge in [0.2, 0.25) is 0 Å². The number of hydrogen-bond acceptors (Lipinski definition) is 3. The molecule has 18 heavy (non-hydrogen) atoms. The van der Waals surface area contributed by atoms with Crippen LogP contribution < -0.4 is 15.4 Å². The SMILES string of the molecule is CCC1(CC)CCN(c2cccc(OC)c2N)C1. The maximum absolute atomic E-state index is 6.18. The highest BCUT2D eigenvalue weighted by Gasteiger charge is 2.35. The molecule has 2 rings (SSSR count). The van der Waals surface area contributed by atoms with Crippen LogP contribution in [0.15, 0.2) is 18.2 Å². The Morgan fingerprint density at radius 2 is 2.06 bits per heavy atom. The van der Waals surface area contributed by atoms with Crippen LogP contribution in [0.3, 0.4) is 0 Å². The molecule has 0 saturated carbocycles.